The van der Waals surface area contributed by atoms with Crippen molar-refractivity contribution in [3.63, 3.8) is 0 Å². The summed E-state index contributed by atoms with van der Waals surface area (Å²) in [7, 11) is 0. The molecule has 0 atom stereocenters. The van der Waals surface area contributed by atoms with Gasteiger partial charge in [0.15, 0.2) is 0 Å². The Bertz CT molecular complexity index is 385. The monoisotopic (exact) mass is 267 g/mol. The normalized spacial score (nSPS) is 21.9. The zero-order chi connectivity index (χ0) is 10.3. The van der Waals surface area contributed by atoms with Gasteiger partial charge in [-0.1, -0.05) is 6.07 Å². The van der Waals surface area contributed by atoms with E-state index in [0.717, 1.165) is 22.5 Å². The highest BCUT2D eigenvalue weighted by Gasteiger charge is 2.39. The number of benzene rings is 1. The first-order chi connectivity index (χ1) is 7.29. The lowest BCUT2D eigenvalue weighted by atomic mass is 10.00. The Balaban J connectivity index is 1.96. The smallest absolute Gasteiger partial charge is 0.144 e. The van der Waals surface area contributed by atoms with Gasteiger partial charge < -0.3 is 10.1 Å². The third kappa shape index (κ3) is 1.53. The fraction of sp³-hybridized carbons (Fsp3) is 0.500. The molecule has 0 saturated heterocycles. The molecule has 1 fully saturated rings. The highest BCUT2D eigenvalue weighted by molar-refractivity contribution is 9.10. The molecule has 1 aromatic carbocycles. The second-order valence-electron chi connectivity index (χ2n) is 4.46. The second-order valence-corrected chi connectivity index (χ2v) is 5.31. The van der Waals surface area contributed by atoms with E-state index in [-0.39, 0.29) is 5.60 Å². The Kier molecular flexibility index (Phi) is 2.16. The van der Waals surface area contributed by atoms with E-state index >= 15 is 0 Å². The SMILES string of the molecule is Brc1cccc2c1NCC1(CCCC1)O2. The van der Waals surface area contributed by atoms with Crippen LogP contribution < -0.4 is 10.1 Å². The van der Waals surface area contributed by atoms with Gasteiger partial charge in [0.25, 0.3) is 0 Å². The van der Waals surface area contributed by atoms with Crippen LogP contribution in [0.15, 0.2) is 22.7 Å². The molecule has 0 aromatic heterocycles. The zero-order valence-electron chi connectivity index (χ0n) is 8.55. The van der Waals surface area contributed by atoms with Crippen LogP contribution in [0.1, 0.15) is 25.7 Å². The molecule has 1 saturated carbocycles. The maximum absolute atomic E-state index is 6.17. The molecule has 1 spiro atoms. The molecule has 1 aliphatic carbocycles. The van der Waals surface area contributed by atoms with Crippen molar-refractivity contribution in [3.8, 4) is 5.75 Å². The van der Waals surface area contributed by atoms with Gasteiger partial charge in [-0.25, -0.2) is 0 Å². The molecule has 15 heavy (non-hydrogen) atoms. The minimum absolute atomic E-state index is 0.0772. The van der Waals surface area contributed by atoms with Crippen molar-refractivity contribution in [1.82, 2.24) is 0 Å². The molecular weight excluding hydrogens is 254 g/mol. The Hall–Kier alpha value is -0.700. The average Bonchev–Trinajstić information content (AvgIpc) is 2.66. The third-order valence-corrected chi connectivity index (χ3v) is 4.06. The molecule has 3 rings (SSSR count). The van der Waals surface area contributed by atoms with Gasteiger partial charge in [0.1, 0.15) is 11.4 Å². The average molecular weight is 268 g/mol. The number of rotatable bonds is 0. The van der Waals surface area contributed by atoms with Crippen molar-refractivity contribution >= 4 is 21.6 Å². The molecule has 2 aliphatic rings. The molecule has 0 bridgehead atoms. The summed E-state index contributed by atoms with van der Waals surface area (Å²) in [5, 5.41) is 3.49. The summed E-state index contributed by atoms with van der Waals surface area (Å²) >= 11 is 3.54. The van der Waals surface area contributed by atoms with Crippen LogP contribution in [0, 0.1) is 0 Å². The number of hydrogen-bond donors (Lipinski definition) is 1. The first-order valence-corrected chi connectivity index (χ1v) is 6.30. The van der Waals surface area contributed by atoms with E-state index in [9.17, 15) is 0 Å². The van der Waals surface area contributed by atoms with Gasteiger partial charge >= 0.3 is 0 Å². The van der Waals surface area contributed by atoms with Gasteiger partial charge in [0, 0.05) is 4.47 Å². The van der Waals surface area contributed by atoms with Crippen LogP contribution >= 0.6 is 15.9 Å². The number of ether oxygens (including phenoxy) is 1. The topological polar surface area (TPSA) is 21.3 Å². The summed E-state index contributed by atoms with van der Waals surface area (Å²) in [4.78, 5) is 0. The van der Waals surface area contributed by atoms with Gasteiger partial charge in [-0.3, -0.25) is 0 Å². The molecule has 0 unspecified atom stereocenters. The lowest BCUT2D eigenvalue weighted by molar-refractivity contribution is 0.0829. The molecule has 1 aromatic rings. The predicted molar refractivity (Wildman–Crippen MR) is 64.5 cm³/mol. The van der Waals surface area contributed by atoms with Gasteiger partial charge in [0.05, 0.1) is 12.2 Å². The van der Waals surface area contributed by atoms with Gasteiger partial charge in [-0.05, 0) is 53.7 Å². The van der Waals surface area contributed by atoms with Crippen LogP contribution in [0.2, 0.25) is 0 Å². The third-order valence-electron chi connectivity index (χ3n) is 3.40. The first-order valence-electron chi connectivity index (χ1n) is 5.51. The molecular formula is C12H14BrNO. The summed E-state index contributed by atoms with van der Waals surface area (Å²) in [6.45, 7) is 0.947. The minimum atomic E-state index is 0.0772. The van der Waals surface area contributed by atoms with Crippen molar-refractivity contribution in [1.29, 1.82) is 0 Å². The molecule has 0 radical (unpaired) electrons. The van der Waals surface area contributed by atoms with E-state index in [2.05, 4.69) is 21.2 Å². The first kappa shape index (κ1) is 9.52. The summed E-state index contributed by atoms with van der Waals surface area (Å²) in [5.74, 6) is 0.998. The number of halogens is 1. The Morgan fingerprint density at radius 2 is 2.07 bits per heavy atom. The van der Waals surface area contributed by atoms with Gasteiger partial charge in [-0.2, -0.15) is 0 Å². The van der Waals surface area contributed by atoms with Crippen LogP contribution in [-0.2, 0) is 0 Å². The second kappa shape index (κ2) is 3.41. The summed E-state index contributed by atoms with van der Waals surface area (Å²) in [6, 6.07) is 6.12. The largest absolute Gasteiger partial charge is 0.483 e. The van der Waals surface area contributed by atoms with E-state index in [1.807, 2.05) is 18.2 Å². The number of hydrogen-bond acceptors (Lipinski definition) is 2. The van der Waals surface area contributed by atoms with Crippen molar-refractivity contribution < 1.29 is 4.74 Å². The maximum Gasteiger partial charge on any atom is 0.144 e. The van der Waals surface area contributed by atoms with E-state index in [0.29, 0.717) is 0 Å². The van der Waals surface area contributed by atoms with Crippen LogP contribution in [0.5, 0.6) is 5.75 Å². The van der Waals surface area contributed by atoms with Crippen molar-refractivity contribution in [2.45, 2.75) is 31.3 Å². The predicted octanol–water partition coefficient (Wildman–Crippen LogP) is 3.57. The summed E-state index contributed by atoms with van der Waals surface area (Å²) in [6.07, 6.45) is 4.97. The molecule has 0 amide bonds. The number of anilines is 1. The quantitative estimate of drug-likeness (QED) is 0.776. The van der Waals surface area contributed by atoms with E-state index in [1.165, 1.54) is 25.7 Å². The molecule has 3 heteroatoms. The lowest BCUT2D eigenvalue weighted by Crippen LogP contribution is -2.43. The number of nitrogens with one attached hydrogen (secondary N) is 1. The van der Waals surface area contributed by atoms with E-state index in [4.69, 9.17) is 4.74 Å². The summed E-state index contributed by atoms with van der Waals surface area (Å²) in [5.41, 5.74) is 1.18. The van der Waals surface area contributed by atoms with Crippen molar-refractivity contribution in [2.75, 3.05) is 11.9 Å². The van der Waals surface area contributed by atoms with Gasteiger partial charge in [-0.15, -0.1) is 0 Å². The summed E-state index contributed by atoms with van der Waals surface area (Å²) < 4.78 is 7.26. The minimum Gasteiger partial charge on any atom is -0.483 e. The molecule has 1 aliphatic heterocycles. The van der Waals surface area contributed by atoms with E-state index in [1.54, 1.807) is 0 Å². The fourth-order valence-corrected chi connectivity index (χ4v) is 3.07. The Morgan fingerprint density at radius 1 is 1.27 bits per heavy atom. The highest BCUT2D eigenvalue weighted by Crippen LogP contribution is 2.43. The molecule has 80 valence electrons. The van der Waals surface area contributed by atoms with Crippen LogP contribution in [-0.4, -0.2) is 12.1 Å². The standard InChI is InChI=1S/C12H14BrNO/c13-9-4-3-5-10-11(9)14-8-12(15-10)6-1-2-7-12/h3-5,14H,1-2,6-8H2. The van der Waals surface area contributed by atoms with Crippen LogP contribution in [0.25, 0.3) is 0 Å². The number of para-hydroxylation sites is 1. The van der Waals surface area contributed by atoms with Crippen LogP contribution in [0.4, 0.5) is 5.69 Å². The maximum atomic E-state index is 6.17. The van der Waals surface area contributed by atoms with Crippen molar-refractivity contribution in [3.05, 3.63) is 22.7 Å². The van der Waals surface area contributed by atoms with Crippen LogP contribution in [0.3, 0.4) is 0 Å². The molecule has 1 N–H and O–H groups in total. The lowest BCUT2D eigenvalue weighted by Gasteiger charge is -2.36. The molecule has 1 heterocycles. The van der Waals surface area contributed by atoms with E-state index < -0.39 is 0 Å². The zero-order valence-corrected chi connectivity index (χ0v) is 10.1. The van der Waals surface area contributed by atoms with Crippen molar-refractivity contribution in [2.24, 2.45) is 0 Å². The number of fused-ring (bicyclic) bond motifs is 1. The molecule has 2 nitrogen and oxygen atoms in total. The van der Waals surface area contributed by atoms with Gasteiger partial charge in [0.2, 0.25) is 0 Å². The Labute approximate surface area is 98.1 Å². The Morgan fingerprint density at radius 3 is 2.87 bits per heavy atom. The highest BCUT2D eigenvalue weighted by atomic mass is 79.9. The fourth-order valence-electron chi connectivity index (χ4n) is 2.58.